The molecule has 25 heavy (non-hydrogen) atoms. The monoisotopic (exact) mass is 351 g/mol. The molecule has 1 amide bonds. The van der Waals surface area contributed by atoms with Crippen LogP contribution in [0.15, 0.2) is 18.2 Å². The highest BCUT2D eigenvalue weighted by Crippen LogP contribution is 2.20. The van der Waals surface area contributed by atoms with Crippen LogP contribution >= 0.6 is 0 Å². The minimum Gasteiger partial charge on any atom is -0.496 e. The van der Waals surface area contributed by atoms with E-state index in [4.69, 9.17) is 14.2 Å². The molecule has 0 fully saturated rings. The Morgan fingerprint density at radius 1 is 1.20 bits per heavy atom. The van der Waals surface area contributed by atoms with Crippen molar-refractivity contribution in [3.05, 3.63) is 29.3 Å². The van der Waals surface area contributed by atoms with E-state index in [1.165, 1.54) is 14.2 Å². The third kappa shape index (κ3) is 5.77. The van der Waals surface area contributed by atoms with Crippen LogP contribution in [0.25, 0.3) is 0 Å². The first-order chi connectivity index (χ1) is 11.8. The Balaban J connectivity index is 2.70. The molecule has 1 N–H and O–H groups in total. The van der Waals surface area contributed by atoms with Gasteiger partial charge in [0.05, 0.1) is 14.2 Å². The number of benzene rings is 1. The van der Waals surface area contributed by atoms with E-state index in [1.807, 2.05) is 20.8 Å². The van der Waals surface area contributed by atoms with Crippen LogP contribution in [-0.4, -0.2) is 44.7 Å². The van der Waals surface area contributed by atoms with Crippen LogP contribution in [0.1, 0.15) is 36.2 Å². The quantitative estimate of drug-likeness (QED) is 0.719. The molecule has 0 heterocycles. The molecular weight excluding hydrogens is 326 g/mol. The summed E-state index contributed by atoms with van der Waals surface area (Å²) in [5.41, 5.74) is 1.10. The highest BCUT2D eigenvalue weighted by molar-refractivity contribution is 5.94. The Morgan fingerprint density at radius 3 is 2.44 bits per heavy atom. The van der Waals surface area contributed by atoms with Crippen LogP contribution in [0.2, 0.25) is 0 Å². The third-order valence-electron chi connectivity index (χ3n) is 3.89. The minimum atomic E-state index is -0.783. The maximum atomic E-state index is 12.2. The number of amides is 1. The molecule has 1 aromatic rings. The lowest BCUT2D eigenvalue weighted by Crippen LogP contribution is -2.47. The molecule has 0 aliphatic carbocycles. The summed E-state index contributed by atoms with van der Waals surface area (Å²) in [6.45, 7) is 5.05. The van der Waals surface area contributed by atoms with Crippen molar-refractivity contribution >= 4 is 17.8 Å². The maximum Gasteiger partial charge on any atom is 0.342 e. The van der Waals surface area contributed by atoms with Crippen LogP contribution in [0.4, 0.5) is 0 Å². The molecular formula is C18H25NO6. The Kier molecular flexibility index (Phi) is 7.91. The van der Waals surface area contributed by atoms with Gasteiger partial charge in [-0.1, -0.05) is 31.9 Å². The summed E-state index contributed by atoms with van der Waals surface area (Å²) in [5.74, 6) is -1.52. The van der Waals surface area contributed by atoms with Gasteiger partial charge in [0.15, 0.2) is 6.61 Å². The van der Waals surface area contributed by atoms with Gasteiger partial charge in [0.1, 0.15) is 17.4 Å². The average Bonchev–Trinajstić information content (AvgIpc) is 2.62. The summed E-state index contributed by atoms with van der Waals surface area (Å²) < 4.78 is 14.9. The van der Waals surface area contributed by atoms with Gasteiger partial charge in [0.25, 0.3) is 5.91 Å². The van der Waals surface area contributed by atoms with E-state index in [1.54, 1.807) is 18.2 Å². The summed E-state index contributed by atoms with van der Waals surface area (Å²) in [6, 6.07) is 4.29. The maximum absolute atomic E-state index is 12.2. The molecule has 0 unspecified atom stereocenters. The second kappa shape index (κ2) is 9.66. The summed E-state index contributed by atoms with van der Waals surface area (Å²) >= 11 is 0. The van der Waals surface area contributed by atoms with E-state index in [-0.39, 0.29) is 11.5 Å². The molecule has 0 radical (unpaired) electrons. The molecule has 0 aliphatic heterocycles. The summed E-state index contributed by atoms with van der Waals surface area (Å²) in [6.07, 6.45) is 0.681. The second-order valence-electron chi connectivity index (χ2n) is 5.73. The van der Waals surface area contributed by atoms with Crippen molar-refractivity contribution < 1.29 is 28.6 Å². The normalized spacial score (nSPS) is 12.7. The van der Waals surface area contributed by atoms with Gasteiger partial charge < -0.3 is 19.5 Å². The first-order valence-electron chi connectivity index (χ1n) is 8.02. The molecule has 0 bridgehead atoms. The Morgan fingerprint density at radius 2 is 1.88 bits per heavy atom. The number of carbonyl (C=O) groups is 3. The van der Waals surface area contributed by atoms with E-state index in [0.29, 0.717) is 12.2 Å². The molecule has 2 atom stereocenters. The second-order valence-corrected chi connectivity index (χ2v) is 5.73. The lowest BCUT2D eigenvalue weighted by molar-refractivity contribution is -0.147. The smallest absolute Gasteiger partial charge is 0.342 e. The first kappa shape index (κ1) is 20.5. The Hall–Kier alpha value is -2.57. The van der Waals surface area contributed by atoms with Crippen LogP contribution < -0.4 is 10.1 Å². The SMILES string of the molecule is CC[C@@H](C)[C@H](NC(=O)COC(=O)c1cc(C)ccc1OC)C(=O)OC. The van der Waals surface area contributed by atoms with Crippen LogP contribution in [0.5, 0.6) is 5.75 Å². The van der Waals surface area contributed by atoms with Crippen LogP contribution in [0, 0.1) is 12.8 Å². The largest absolute Gasteiger partial charge is 0.496 e. The molecule has 7 heteroatoms. The van der Waals surface area contributed by atoms with Crippen molar-refractivity contribution in [2.75, 3.05) is 20.8 Å². The molecule has 0 aliphatic rings. The van der Waals surface area contributed by atoms with E-state index < -0.39 is 30.5 Å². The van der Waals surface area contributed by atoms with Crippen LogP contribution in [0.3, 0.4) is 0 Å². The number of ether oxygens (including phenoxy) is 3. The van der Waals surface area contributed by atoms with Crippen molar-refractivity contribution in [1.29, 1.82) is 0 Å². The lowest BCUT2D eigenvalue weighted by atomic mass is 9.99. The fourth-order valence-electron chi connectivity index (χ4n) is 2.20. The van der Waals surface area contributed by atoms with E-state index in [9.17, 15) is 14.4 Å². The van der Waals surface area contributed by atoms with Gasteiger partial charge in [0.2, 0.25) is 0 Å². The first-order valence-corrected chi connectivity index (χ1v) is 8.02. The number of aryl methyl sites for hydroxylation is 1. The fourth-order valence-corrected chi connectivity index (χ4v) is 2.20. The topological polar surface area (TPSA) is 90.9 Å². The zero-order valence-corrected chi connectivity index (χ0v) is 15.3. The van der Waals surface area contributed by atoms with Crippen molar-refractivity contribution in [3.63, 3.8) is 0 Å². The Bertz CT molecular complexity index is 628. The zero-order chi connectivity index (χ0) is 19.0. The number of hydrogen-bond acceptors (Lipinski definition) is 6. The number of rotatable bonds is 8. The lowest BCUT2D eigenvalue weighted by Gasteiger charge is -2.21. The predicted octanol–water partition coefficient (Wildman–Crippen LogP) is 1.86. The molecule has 0 saturated heterocycles. The summed E-state index contributed by atoms with van der Waals surface area (Å²) in [7, 11) is 2.70. The molecule has 1 rings (SSSR count). The van der Waals surface area contributed by atoms with E-state index in [2.05, 4.69) is 5.32 Å². The number of methoxy groups -OCH3 is 2. The fraction of sp³-hybridized carbons (Fsp3) is 0.500. The summed E-state index contributed by atoms with van der Waals surface area (Å²) in [4.78, 5) is 36.0. The van der Waals surface area contributed by atoms with Crippen molar-refractivity contribution in [1.82, 2.24) is 5.32 Å². The van der Waals surface area contributed by atoms with Gasteiger partial charge in [-0.3, -0.25) is 4.79 Å². The van der Waals surface area contributed by atoms with Crippen molar-refractivity contribution in [3.8, 4) is 5.75 Å². The van der Waals surface area contributed by atoms with E-state index in [0.717, 1.165) is 5.56 Å². The van der Waals surface area contributed by atoms with Gasteiger partial charge in [-0.05, 0) is 25.0 Å². The van der Waals surface area contributed by atoms with Crippen molar-refractivity contribution in [2.45, 2.75) is 33.2 Å². The van der Waals surface area contributed by atoms with Gasteiger partial charge >= 0.3 is 11.9 Å². The molecule has 7 nitrogen and oxygen atoms in total. The number of esters is 2. The molecule has 1 aromatic carbocycles. The number of carbonyl (C=O) groups excluding carboxylic acids is 3. The van der Waals surface area contributed by atoms with Gasteiger partial charge in [-0.25, -0.2) is 9.59 Å². The minimum absolute atomic E-state index is 0.107. The molecule has 0 spiro atoms. The molecule has 0 aromatic heterocycles. The third-order valence-corrected chi connectivity index (χ3v) is 3.89. The Labute approximate surface area is 147 Å². The highest BCUT2D eigenvalue weighted by Gasteiger charge is 2.27. The molecule has 0 saturated carbocycles. The summed E-state index contributed by atoms with van der Waals surface area (Å²) in [5, 5.41) is 2.54. The van der Waals surface area contributed by atoms with Gasteiger partial charge in [-0.2, -0.15) is 0 Å². The zero-order valence-electron chi connectivity index (χ0n) is 15.3. The average molecular weight is 351 g/mol. The number of hydrogen-bond donors (Lipinski definition) is 1. The molecule has 138 valence electrons. The van der Waals surface area contributed by atoms with Gasteiger partial charge in [0, 0.05) is 0 Å². The highest BCUT2D eigenvalue weighted by atomic mass is 16.5. The van der Waals surface area contributed by atoms with Gasteiger partial charge in [-0.15, -0.1) is 0 Å². The van der Waals surface area contributed by atoms with Crippen molar-refractivity contribution in [2.24, 2.45) is 5.92 Å². The number of nitrogens with one attached hydrogen (secondary N) is 1. The standard InChI is InChI=1S/C18H25NO6/c1-6-12(3)16(18(22)24-5)19-15(20)10-25-17(21)13-9-11(2)7-8-14(13)23-4/h7-9,12,16H,6,10H2,1-5H3,(H,19,20)/t12-,16+/m1/s1. The van der Waals surface area contributed by atoms with Crippen LogP contribution in [-0.2, 0) is 19.1 Å². The predicted molar refractivity (Wildman–Crippen MR) is 91.4 cm³/mol. The van der Waals surface area contributed by atoms with E-state index >= 15 is 0 Å².